The number of hydrogen-bond donors (Lipinski definition) is 0. The van der Waals surface area contributed by atoms with Crippen molar-refractivity contribution in [1.29, 1.82) is 0 Å². The molecule has 0 spiro atoms. The maximum atomic E-state index is 10.00. The lowest BCUT2D eigenvalue weighted by Crippen LogP contribution is -2.00. The van der Waals surface area contributed by atoms with E-state index in [0.717, 1.165) is 4.57 Å². The van der Waals surface area contributed by atoms with Crippen LogP contribution in [0.5, 0.6) is 0 Å². The summed E-state index contributed by atoms with van der Waals surface area (Å²) >= 11 is 0. The van der Waals surface area contributed by atoms with Gasteiger partial charge in [-0.2, -0.15) is 0 Å². The first-order chi connectivity index (χ1) is 32.3. The molecule has 10 aromatic rings. The maximum absolute atomic E-state index is 10.00. The molecular formula is C45H28N4O. The van der Waals surface area contributed by atoms with Gasteiger partial charge in [-0.05, 0) is 47.4 Å². The van der Waals surface area contributed by atoms with E-state index in [1.807, 2.05) is 0 Å². The molecule has 0 saturated carbocycles. The first kappa shape index (κ1) is 15.6. The van der Waals surface area contributed by atoms with Crippen molar-refractivity contribution in [2.24, 2.45) is 0 Å². The predicted molar refractivity (Wildman–Crippen MR) is 203 cm³/mol. The summed E-state index contributed by atoms with van der Waals surface area (Å²) in [4.78, 5) is 14.1. The van der Waals surface area contributed by atoms with Gasteiger partial charge in [0.2, 0.25) is 0 Å². The van der Waals surface area contributed by atoms with Gasteiger partial charge < -0.3 is 8.98 Å². The lowest BCUT2D eigenvalue weighted by Gasteiger charge is -2.11. The van der Waals surface area contributed by atoms with E-state index in [9.17, 15) is 8.22 Å². The summed E-state index contributed by atoms with van der Waals surface area (Å²) in [5.74, 6) is -0.00350. The summed E-state index contributed by atoms with van der Waals surface area (Å²) in [6.45, 7) is 0. The Morgan fingerprint density at radius 1 is 0.440 bits per heavy atom. The van der Waals surface area contributed by atoms with E-state index in [4.69, 9.17) is 20.9 Å². The van der Waals surface area contributed by atoms with Gasteiger partial charge in [0.15, 0.2) is 17.5 Å². The minimum atomic E-state index is -0.818. The minimum absolute atomic E-state index is 0.128. The zero-order valence-electron chi connectivity index (χ0n) is 43.5. The van der Waals surface area contributed by atoms with Gasteiger partial charge in [0.25, 0.3) is 0 Å². The molecule has 0 bridgehead atoms. The molecule has 234 valence electrons. The molecule has 0 saturated heterocycles. The Morgan fingerprint density at radius 3 is 1.82 bits per heavy atom. The predicted octanol–water partition coefficient (Wildman–Crippen LogP) is 11.5. The van der Waals surface area contributed by atoms with Crippen molar-refractivity contribution >= 4 is 43.7 Å². The lowest BCUT2D eigenvalue weighted by molar-refractivity contribution is 0.669. The fourth-order valence-electron chi connectivity index (χ4n) is 5.87. The zero-order valence-corrected chi connectivity index (χ0v) is 25.5. The summed E-state index contributed by atoms with van der Waals surface area (Å²) < 4.78 is 169. The summed E-state index contributed by atoms with van der Waals surface area (Å²) in [5.41, 5.74) is -3.00. The topological polar surface area (TPSA) is 56.7 Å². The molecule has 0 unspecified atom stereocenters. The molecule has 7 aromatic carbocycles. The van der Waals surface area contributed by atoms with E-state index in [0.29, 0.717) is 11.1 Å². The van der Waals surface area contributed by atoms with Gasteiger partial charge in [0.1, 0.15) is 11.2 Å². The fraction of sp³-hybridized carbons (Fsp3) is 0. The largest absolute Gasteiger partial charge is 0.456 e. The van der Waals surface area contributed by atoms with Crippen molar-refractivity contribution in [3.05, 3.63) is 169 Å². The van der Waals surface area contributed by atoms with Crippen LogP contribution in [0.4, 0.5) is 0 Å². The third-order valence-electron chi connectivity index (χ3n) is 8.11. The van der Waals surface area contributed by atoms with E-state index < -0.39 is 159 Å². The highest BCUT2D eigenvalue weighted by Gasteiger charge is 2.20. The molecule has 0 N–H and O–H groups in total. The van der Waals surface area contributed by atoms with Gasteiger partial charge in [0.05, 0.1) is 46.8 Å². The smallest absolute Gasteiger partial charge is 0.164 e. The molecule has 0 aliphatic heterocycles. The monoisotopic (exact) mass is 658 g/mol. The van der Waals surface area contributed by atoms with Crippen molar-refractivity contribution in [2.45, 2.75) is 0 Å². The molecule has 0 radical (unpaired) electrons. The van der Waals surface area contributed by atoms with Gasteiger partial charge in [-0.25, -0.2) is 15.0 Å². The lowest BCUT2D eigenvalue weighted by atomic mass is 10.0. The third-order valence-corrected chi connectivity index (χ3v) is 8.11. The van der Waals surface area contributed by atoms with Gasteiger partial charge in [-0.15, -0.1) is 0 Å². The minimum Gasteiger partial charge on any atom is -0.456 e. The van der Waals surface area contributed by atoms with Crippen LogP contribution in [-0.4, -0.2) is 19.5 Å². The van der Waals surface area contributed by atoms with Crippen molar-refractivity contribution < 1.29 is 29.1 Å². The Labute approximate surface area is 313 Å². The van der Waals surface area contributed by atoms with Crippen LogP contribution in [0, 0.1) is 0 Å². The van der Waals surface area contributed by atoms with Crippen molar-refractivity contribution in [1.82, 2.24) is 19.5 Å². The Balaban J connectivity index is 1.44. The molecule has 50 heavy (non-hydrogen) atoms. The number of hydrogen-bond acceptors (Lipinski definition) is 4. The van der Waals surface area contributed by atoms with Crippen LogP contribution in [0.3, 0.4) is 0 Å². The van der Waals surface area contributed by atoms with Crippen LogP contribution in [0.25, 0.3) is 94.7 Å². The van der Waals surface area contributed by atoms with Gasteiger partial charge in [-0.1, -0.05) is 133 Å². The number of nitrogens with zero attached hydrogens (tertiary/aromatic N) is 4. The first-order valence-electron chi connectivity index (χ1n) is 24.2. The molecule has 5 heteroatoms. The van der Waals surface area contributed by atoms with Crippen LogP contribution < -0.4 is 0 Å². The molecule has 5 nitrogen and oxygen atoms in total. The number of rotatable bonds is 5. The standard InChI is InChI=1S/C45H28N4O/c1-4-13-29(14-5-1)32-24-26-40-36(27-32)42-38(21-12-22-41(42)50-40)49-37-20-11-10-19-34(37)35-25-23-33(28-39(35)49)45-47-43(30-15-6-2-7-16-30)46-44(48-45)31-17-8-3-9-18-31/h1-28H/i1D,4D,5D,10D,11D,12D,13D,14D,19D,20D,21D,22D,23D,24D,25D,26D,27D,28D. The van der Waals surface area contributed by atoms with Gasteiger partial charge in [0, 0.05) is 32.8 Å². The average molecular weight is 659 g/mol. The zero-order chi connectivity index (χ0) is 48.7. The number of fused-ring (bicyclic) bond motifs is 6. The Kier molecular flexibility index (Phi) is 3.55. The second kappa shape index (κ2) is 11.4. The van der Waals surface area contributed by atoms with Crippen molar-refractivity contribution in [3.63, 3.8) is 0 Å². The van der Waals surface area contributed by atoms with E-state index in [-0.39, 0.29) is 33.8 Å². The second-order valence-electron chi connectivity index (χ2n) is 11.1. The SMILES string of the molecule is [2H]c1c([2H])c([2H])c(-c2c([2H])c([2H])c3oc4c([2H])c([2H])c([2H])c(-n5c6c([2H])c([2H])c([2H])c([2H])c6c6c([2H])c([2H])c(-c7nc(-c8ccccc8)nc(-c8ccccc8)n7)c([2H])c65)c4c3c2[2H])c([2H])c1[2H]. The van der Waals surface area contributed by atoms with Gasteiger partial charge in [-0.3, -0.25) is 0 Å². The highest BCUT2D eigenvalue weighted by Crippen LogP contribution is 2.40. The van der Waals surface area contributed by atoms with E-state index in [1.165, 1.54) is 0 Å². The first-order valence-corrected chi connectivity index (χ1v) is 15.2. The number of para-hydroxylation sites is 1. The summed E-state index contributed by atoms with van der Waals surface area (Å²) in [6, 6.07) is 3.99. The summed E-state index contributed by atoms with van der Waals surface area (Å²) in [6.07, 6.45) is 0. The maximum Gasteiger partial charge on any atom is 0.164 e. The van der Waals surface area contributed by atoms with Crippen molar-refractivity contribution in [2.75, 3.05) is 0 Å². The third kappa shape index (κ3) is 4.60. The molecule has 3 heterocycles. The Hall–Kier alpha value is -6.85. The highest BCUT2D eigenvalue weighted by atomic mass is 16.3. The summed E-state index contributed by atoms with van der Waals surface area (Å²) in [7, 11) is 0. The fourth-order valence-corrected chi connectivity index (χ4v) is 5.87. The Bertz CT molecular complexity index is 3810. The number of benzene rings is 7. The van der Waals surface area contributed by atoms with Gasteiger partial charge >= 0.3 is 0 Å². The second-order valence-corrected chi connectivity index (χ2v) is 11.1. The molecule has 0 amide bonds. The number of furan rings is 1. The molecule has 0 aliphatic carbocycles. The quantitative estimate of drug-likeness (QED) is 0.185. The molecule has 0 fully saturated rings. The van der Waals surface area contributed by atoms with E-state index in [1.54, 1.807) is 60.7 Å². The highest BCUT2D eigenvalue weighted by molar-refractivity contribution is 6.15. The van der Waals surface area contributed by atoms with Crippen LogP contribution in [0.1, 0.15) is 24.7 Å². The van der Waals surface area contributed by atoms with Crippen LogP contribution >= 0.6 is 0 Å². The van der Waals surface area contributed by atoms with Crippen molar-refractivity contribution in [3.8, 4) is 51.0 Å². The normalized spacial score (nSPS) is 16.6. The summed E-state index contributed by atoms with van der Waals surface area (Å²) in [5, 5.41) is -1.57. The van der Waals surface area contributed by atoms with Crippen LogP contribution in [-0.2, 0) is 0 Å². The van der Waals surface area contributed by atoms with E-state index >= 15 is 0 Å². The van der Waals surface area contributed by atoms with E-state index in [2.05, 4.69) is 15.0 Å². The van der Waals surface area contributed by atoms with Crippen LogP contribution in [0.15, 0.2) is 174 Å². The molecule has 0 aliphatic rings. The molecule has 3 aromatic heterocycles. The average Bonchev–Trinajstić information content (AvgIpc) is 3.92. The number of aromatic nitrogens is 4. The Morgan fingerprint density at radius 2 is 1.08 bits per heavy atom. The molecule has 0 atom stereocenters. The van der Waals surface area contributed by atoms with Crippen LogP contribution in [0.2, 0.25) is 0 Å². The molecule has 10 rings (SSSR count). The molecular weight excluding hydrogens is 613 g/mol.